The van der Waals surface area contributed by atoms with Crippen LogP contribution in [-0.2, 0) is 11.2 Å². The van der Waals surface area contributed by atoms with Crippen molar-refractivity contribution in [1.82, 2.24) is 0 Å². The first kappa shape index (κ1) is 14.9. The second-order valence-electron chi connectivity index (χ2n) is 5.66. The Labute approximate surface area is 135 Å². The molecule has 3 nitrogen and oxygen atoms in total. The highest BCUT2D eigenvalue weighted by Crippen LogP contribution is 2.33. The van der Waals surface area contributed by atoms with Gasteiger partial charge in [-0.3, -0.25) is 4.79 Å². The first-order chi connectivity index (χ1) is 10.6. The molecule has 0 heterocycles. The molecule has 0 bridgehead atoms. The van der Waals surface area contributed by atoms with E-state index in [1.807, 2.05) is 41.3 Å². The molecular weight excluding hydrogens is 298 g/mol. The van der Waals surface area contributed by atoms with E-state index in [1.54, 1.807) is 12.1 Å². The van der Waals surface area contributed by atoms with Crippen molar-refractivity contribution in [2.24, 2.45) is 5.92 Å². The number of amides is 1. The number of benzene rings is 2. The maximum absolute atomic E-state index is 12.5. The van der Waals surface area contributed by atoms with E-state index in [-0.39, 0.29) is 17.6 Å². The monoisotopic (exact) mass is 315 g/mol. The highest BCUT2D eigenvalue weighted by atomic mass is 35.5. The summed E-state index contributed by atoms with van der Waals surface area (Å²) in [6, 6.07) is 14.5. The molecule has 1 amide bonds. The fraction of sp³-hybridized carbons (Fsp3) is 0.278. The van der Waals surface area contributed by atoms with E-state index in [2.05, 4.69) is 0 Å². The van der Waals surface area contributed by atoms with Crippen LogP contribution in [0.3, 0.4) is 0 Å². The smallest absolute Gasteiger partial charge is 0.230 e. The highest BCUT2D eigenvalue weighted by Gasteiger charge is 2.33. The minimum atomic E-state index is 0.176. The lowest BCUT2D eigenvalue weighted by atomic mass is 10.1. The van der Waals surface area contributed by atoms with Crippen LogP contribution in [0.5, 0.6) is 5.75 Å². The topological polar surface area (TPSA) is 40.5 Å². The Morgan fingerprint density at radius 2 is 1.73 bits per heavy atom. The summed E-state index contributed by atoms with van der Waals surface area (Å²) >= 11 is 5.93. The number of hydrogen-bond acceptors (Lipinski definition) is 2. The van der Waals surface area contributed by atoms with Gasteiger partial charge in [0.1, 0.15) is 5.75 Å². The molecular formula is C18H18ClNO2. The van der Waals surface area contributed by atoms with Crippen LogP contribution in [0.1, 0.15) is 18.4 Å². The standard InChI is InChI=1S/C18H18ClNO2/c19-15-5-7-16(8-6-15)20(18(22)14-3-4-14)12-11-13-1-9-17(21)10-2-13/h1-2,5-10,14,21H,3-4,11-12H2. The van der Waals surface area contributed by atoms with Crippen molar-refractivity contribution in [2.75, 3.05) is 11.4 Å². The van der Waals surface area contributed by atoms with Crippen LogP contribution in [0.15, 0.2) is 48.5 Å². The molecule has 4 heteroatoms. The third kappa shape index (κ3) is 3.60. The first-order valence-electron chi connectivity index (χ1n) is 7.48. The summed E-state index contributed by atoms with van der Waals surface area (Å²) < 4.78 is 0. The molecule has 0 saturated heterocycles. The lowest BCUT2D eigenvalue weighted by molar-refractivity contribution is -0.119. The molecule has 0 aliphatic heterocycles. The Morgan fingerprint density at radius 1 is 1.09 bits per heavy atom. The van der Waals surface area contributed by atoms with E-state index in [1.165, 1.54) is 0 Å². The number of halogens is 1. The highest BCUT2D eigenvalue weighted by molar-refractivity contribution is 6.30. The number of carbonyl (C=O) groups is 1. The Kier molecular flexibility index (Phi) is 4.34. The van der Waals surface area contributed by atoms with Gasteiger partial charge >= 0.3 is 0 Å². The van der Waals surface area contributed by atoms with Crippen molar-refractivity contribution in [3.63, 3.8) is 0 Å². The summed E-state index contributed by atoms with van der Waals surface area (Å²) in [7, 11) is 0. The summed E-state index contributed by atoms with van der Waals surface area (Å²) in [6.45, 7) is 0.627. The minimum Gasteiger partial charge on any atom is -0.508 e. The molecule has 3 rings (SSSR count). The maximum atomic E-state index is 12.5. The molecule has 1 aliphatic rings. The number of hydrogen-bond donors (Lipinski definition) is 1. The van der Waals surface area contributed by atoms with Gasteiger partial charge in [-0.1, -0.05) is 23.7 Å². The molecule has 0 unspecified atom stereocenters. The van der Waals surface area contributed by atoms with Gasteiger partial charge < -0.3 is 10.0 Å². The number of phenolic OH excluding ortho intramolecular Hbond substituents is 1. The molecule has 2 aromatic rings. The molecule has 1 aliphatic carbocycles. The third-order valence-electron chi connectivity index (χ3n) is 3.89. The zero-order valence-corrected chi connectivity index (χ0v) is 13.0. The van der Waals surface area contributed by atoms with Gasteiger partial charge in [-0.2, -0.15) is 0 Å². The predicted molar refractivity (Wildman–Crippen MR) is 88.3 cm³/mol. The Hall–Kier alpha value is -2.00. The molecule has 0 aromatic heterocycles. The SMILES string of the molecule is O=C(C1CC1)N(CCc1ccc(O)cc1)c1ccc(Cl)cc1. The summed E-state index contributed by atoms with van der Waals surface area (Å²) in [6.07, 6.45) is 2.73. The van der Waals surface area contributed by atoms with Gasteiger partial charge in [0.25, 0.3) is 0 Å². The number of nitrogens with zero attached hydrogens (tertiary/aromatic N) is 1. The number of aromatic hydroxyl groups is 1. The number of rotatable bonds is 5. The van der Waals surface area contributed by atoms with Crippen LogP contribution in [-0.4, -0.2) is 17.6 Å². The van der Waals surface area contributed by atoms with E-state index in [9.17, 15) is 9.90 Å². The summed E-state index contributed by atoms with van der Waals surface area (Å²) in [5.41, 5.74) is 1.99. The first-order valence-corrected chi connectivity index (χ1v) is 7.86. The van der Waals surface area contributed by atoms with Gasteiger partial charge in [-0.15, -0.1) is 0 Å². The zero-order chi connectivity index (χ0) is 15.5. The Balaban J connectivity index is 1.74. The fourth-order valence-corrected chi connectivity index (χ4v) is 2.57. The van der Waals surface area contributed by atoms with Gasteiger partial charge in [0.05, 0.1) is 0 Å². The molecule has 2 aromatic carbocycles. The lowest BCUT2D eigenvalue weighted by Gasteiger charge is -2.23. The second kappa shape index (κ2) is 6.41. The maximum Gasteiger partial charge on any atom is 0.230 e. The quantitative estimate of drug-likeness (QED) is 0.905. The fourth-order valence-electron chi connectivity index (χ4n) is 2.44. The largest absolute Gasteiger partial charge is 0.508 e. The Morgan fingerprint density at radius 3 is 2.32 bits per heavy atom. The molecule has 114 valence electrons. The second-order valence-corrected chi connectivity index (χ2v) is 6.09. The van der Waals surface area contributed by atoms with Crippen molar-refractivity contribution >= 4 is 23.2 Å². The van der Waals surface area contributed by atoms with Crippen LogP contribution in [0.4, 0.5) is 5.69 Å². The molecule has 22 heavy (non-hydrogen) atoms. The van der Waals surface area contributed by atoms with Crippen LogP contribution in [0.2, 0.25) is 5.02 Å². The van der Waals surface area contributed by atoms with Crippen molar-refractivity contribution in [3.8, 4) is 5.75 Å². The van der Waals surface area contributed by atoms with Crippen molar-refractivity contribution in [1.29, 1.82) is 0 Å². The molecule has 1 N–H and O–H groups in total. The van der Waals surface area contributed by atoms with Crippen LogP contribution >= 0.6 is 11.6 Å². The van der Waals surface area contributed by atoms with Crippen molar-refractivity contribution < 1.29 is 9.90 Å². The molecule has 1 saturated carbocycles. The van der Waals surface area contributed by atoms with Crippen molar-refractivity contribution in [3.05, 3.63) is 59.1 Å². The molecule has 1 fully saturated rings. The van der Waals surface area contributed by atoms with Gasteiger partial charge in [-0.05, 0) is 61.2 Å². The Bertz CT molecular complexity index is 648. The molecule has 0 radical (unpaired) electrons. The number of phenols is 1. The average Bonchev–Trinajstić information content (AvgIpc) is 3.35. The van der Waals surface area contributed by atoms with Crippen molar-refractivity contribution in [2.45, 2.75) is 19.3 Å². The minimum absolute atomic E-state index is 0.176. The van der Waals surface area contributed by atoms with Crippen LogP contribution in [0.25, 0.3) is 0 Å². The van der Waals surface area contributed by atoms with E-state index >= 15 is 0 Å². The molecule has 0 spiro atoms. The van der Waals surface area contributed by atoms with Gasteiger partial charge in [-0.25, -0.2) is 0 Å². The van der Waals surface area contributed by atoms with Gasteiger partial charge in [0, 0.05) is 23.2 Å². The number of carbonyl (C=O) groups excluding carboxylic acids is 1. The van der Waals surface area contributed by atoms with E-state index < -0.39 is 0 Å². The third-order valence-corrected chi connectivity index (χ3v) is 4.14. The van der Waals surface area contributed by atoms with Crippen LogP contribution < -0.4 is 4.90 Å². The summed E-state index contributed by atoms with van der Waals surface area (Å²) in [4.78, 5) is 14.4. The summed E-state index contributed by atoms with van der Waals surface area (Å²) in [5.74, 6) is 0.629. The number of anilines is 1. The lowest BCUT2D eigenvalue weighted by Crippen LogP contribution is -2.34. The summed E-state index contributed by atoms with van der Waals surface area (Å²) in [5, 5.41) is 10.00. The van der Waals surface area contributed by atoms with E-state index in [0.717, 1.165) is 30.5 Å². The average molecular weight is 316 g/mol. The molecule has 0 atom stereocenters. The normalized spacial score (nSPS) is 13.9. The van der Waals surface area contributed by atoms with Gasteiger partial charge in [0.15, 0.2) is 0 Å². The van der Waals surface area contributed by atoms with Crippen LogP contribution in [0, 0.1) is 5.92 Å². The van der Waals surface area contributed by atoms with Gasteiger partial charge in [0.2, 0.25) is 5.91 Å². The van der Waals surface area contributed by atoms with E-state index in [0.29, 0.717) is 11.6 Å². The zero-order valence-electron chi connectivity index (χ0n) is 12.2. The predicted octanol–water partition coefficient (Wildman–Crippen LogP) is 4.03. The van der Waals surface area contributed by atoms with E-state index in [4.69, 9.17) is 11.6 Å².